The fourth-order valence-corrected chi connectivity index (χ4v) is 1.31. The molecular formula is C10H14N2O2. The van der Waals surface area contributed by atoms with E-state index in [0.717, 1.165) is 18.6 Å². The van der Waals surface area contributed by atoms with E-state index in [1.807, 2.05) is 13.0 Å². The lowest BCUT2D eigenvalue weighted by atomic mass is 10.3. The molecule has 3 N–H and O–H groups in total. The van der Waals surface area contributed by atoms with Crippen molar-refractivity contribution in [3.8, 4) is 0 Å². The van der Waals surface area contributed by atoms with E-state index >= 15 is 0 Å². The maximum Gasteiger partial charge on any atom is 0.287 e. The number of furan rings is 1. The Bertz CT molecular complexity index is 346. The third-order valence-electron chi connectivity index (χ3n) is 2.39. The molecule has 1 aliphatic carbocycles. The Hall–Kier alpha value is -1.29. The molecule has 0 aromatic carbocycles. The van der Waals surface area contributed by atoms with Crippen molar-refractivity contribution >= 4 is 5.91 Å². The number of amides is 1. The zero-order valence-electron chi connectivity index (χ0n) is 8.12. The molecule has 0 saturated heterocycles. The van der Waals surface area contributed by atoms with Crippen LogP contribution in [0.15, 0.2) is 16.5 Å². The predicted octanol–water partition coefficient (Wildman–Crippen LogP) is 0.671. The molecule has 4 heteroatoms. The fourth-order valence-electron chi connectivity index (χ4n) is 1.31. The highest BCUT2D eigenvalue weighted by Crippen LogP contribution is 2.18. The van der Waals surface area contributed by atoms with Gasteiger partial charge in [-0.2, -0.15) is 0 Å². The molecule has 1 aromatic rings. The van der Waals surface area contributed by atoms with Gasteiger partial charge in [-0.1, -0.05) is 6.92 Å². The topological polar surface area (TPSA) is 68.3 Å². The van der Waals surface area contributed by atoms with E-state index in [4.69, 9.17) is 10.2 Å². The molecule has 0 radical (unpaired) electrons. The minimum atomic E-state index is -0.164. The van der Waals surface area contributed by atoms with Crippen LogP contribution in [0.3, 0.4) is 0 Å². The molecule has 4 nitrogen and oxygen atoms in total. The van der Waals surface area contributed by atoms with Crippen molar-refractivity contribution in [3.05, 3.63) is 23.7 Å². The molecule has 14 heavy (non-hydrogen) atoms. The van der Waals surface area contributed by atoms with Crippen LogP contribution in [0.25, 0.3) is 0 Å². The molecule has 1 aromatic heterocycles. The number of carbonyl (C=O) groups is 1. The Kier molecular flexibility index (Phi) is 2.29. The van der Waals surface area contributed by atoms with Crippen molar-refractivity contribution in [1.82, 2.24) is 5.32 Å². The van der Waals surface area contributed by atoms with Crippen LogP contribution in [0.2, 0.25) is 0 Å². The van der Waals surface area contributed by atoms with E-state index in [1.165, 1.54) is 0 Å². The first kappa shape index (κ1) is 9.27. The molecule has 0 aliphatic heterocycles. The van der Waals surface area contributed by atoms with Crippen molar-refractivity contribution in [1.29, 1.82) is 0 Å². The van der Waals surface area contributed by atoms with E-state index in [0.29, 0.717) is 5.76 Å². The van der Waals surface area contributed by atoms with E-state index in [-0.39, 0.29) is 18.0 Å². The number of nitrogens with two attached hydrogens (primary N) is 1. The Balaban J connectivity index is 1.96. The molecule has 1 heterocycles. The normalized spacial score (nSPS) is 24.7. The summed E-state index contributed by atoms with van der Waals surface area (Å²) in [6.07, 6.45) is 1.67. The van der Waals surface area contributed by atoms with Gasteiger partial charge in [0.05, 0.1) is 0 Å². The van der Waals surface area contributed by atoms with Gasteiger partial charge in [0.15, 0.2) is 5.76 Å². The Morgan fingerprint density at radius 3 is 2.93 bits per heavy atom. The maximum absolute atomic E-state index is 11.5. The minimum absolute atomic E-state index is 0.125. The summed E-state index contributed by atoms with van der Waals surface area (Å²) >= 11 is 0. The van der Waals surface area contributed by atoms with Crippen LogP contribution in [0, 0.1) is 0 Å². The molecule has 1 amide bonds. The molecule has 0 bridgehead atoms. The largest absolute Gasteiger partial charge is 0.456 e. The summed E-state index contributed by atoms with van der Waals surface area (Å²) in [5, 5.41) is 2.80. The van der Waals surface area contributed by atoms with Crippen molar-refractivity contribution in [3.63, 3.8) is 0 Å². The van der Waals surface area contributed by atoms with Crippen molar-refractivity contribution in [2.45, 2.75) is 31.8 Å². The summed E-state index contributed by atoms with van der Waals surface area (Å²) in [6, 6.07) is 3.78. The van der Waals surface area contributed by atoms with Gasteiger partial charge in [-0.05, 0) is 18.6 Å². The lowest BCUT2D eigenvalue weighted by Crippen LogP contribution is -2.29. The Morgan fingerprint density at radius 2 is 2.43 bits per heavy atom. The smallest absolute Gasteiger partial charge is 0.287 e. The lowest BCUT2D eigenvalue weighted by molar-refractivity contribution is 0.0921. The highest BCUT2D eigenvalue weighted by atomic mass is 16.3. The van der Waals surface area contributed by atoms with Gasteiger partial charge < -0.3 is 15.5 Å². The third kappa shape index (κ3) is 1.80. The molecule has 0 spiro atoms. The fraction of sp³-hybridized carbons (Fsp3) is 0.500. The molecule has 76 valence electrons. The summed E-state index contributed by atoms with van der Waals surface area (Å²) in [5.74, 6) is 1.04. The third-order valence-corrected chi connectivity index (χ3v) is 2.39. The monoisotopic (exact) mass is 194 g/mol. The summed E-state index contributed by atoms with van der Waals surface area (Å²) in [7, 11) is 0. The molecule has 2 atom stereocenters. The van der Waals surface area contributed by atoms with Crippen LogP contribution < -0.4 is 11.1 Å². The number of carbonyl (C=O) groups excluding carboxylic acids is 1. The van der Waals surface area contributed by atoms with Gasteiger partial charge in [0, 0.05) is 18.5 Å². The molecule has 1 fully saturated rings. The van der Waals surface area contributed by atoms with Crippen LogP contribution >= 0.6 is 0 Å². The lowest BCUT2D eigenvalue weighted by Gasteiger charge is -1.99. The quantitative estimate of drug-likeness (QED) is 0.743. The second-order valence-corrected chi connectivity index (χ2v) is 3.60. The number of aryl methyl sites for hydroxylation is 1. The molecule has 1 aliphatic rings. The highest BCUT2D eigenvalue weighted by molar-refractivity contribution is 5.92. The summed E-state index contributed by atoms with van der Waals surface area (Å²) < 4.78 is 5.31. The summed E-state index contributed by atoms with van der Waals surface area (Å²) in [4.78, 5) is 11.5. The zero-order chi connectivity index (χ0) is 10.1. The van der Waals surface area contributed by atoms with Crippen LogP contribution in [0.1, 0.15) is 29.7 Å². The van der Waals surface area contributed by atoms with E-state index in [2.05, 4.69) is 5.32 Å². The second-order valence-electron chi connectivity index (χ2n) is 3.60. The number of hydrogen-bond acceptors (Lipinski definition) is 3. The van der Waals surface area contributed by atoms with Crippen molar-refractivity contribution < 1.29 is 9.21 Å². The molecule has 2 rings (SSSR count). The molecule has 1 saturated carbocycles. The van der Waals surface area contributed by atoms with E-state index in [1.54, 1.807) is 6.07 Å². The standard InChI is InChI=1S/C10H14N2O2/c1-2-6-3-4-9(14-6)10(13)12-8-5-7(8)11/h3-4,7-8H,2,5,11H2,1H3,(H,12,13). The molecule has 2 unspecified atom stereocenters. The van der Waals surface area contributed by atoms with Gasteiger partial charge in [-0.15, -0.1) is 0 Å². The Labute approximate surface area is 82.5 Å². The SMILES string of the molecule is CCc1ccc(C(=O)NC2CC2N)o1. The number of rotatable bonds is 3. The van der Waals surface area contributed by atoms with Crippen LogP contribution in [0.5, 0.6) is 0 Å². The average molecular weight is 194 g/mol. The van der Waals surface area contributed by atoms with Gasteiger partial charge in [0.1, 0.15) is 5.76 Å². The molecular weight excluding hydrogens is 180 g/mol. The van der Waals surface area contributed by atoms with Gasteiger partial charge in [-0.3, -0.25) is 4.79 Å². The summed E-state index contributed by atoms with van der Waals surface area (Å²) in [6.45, 7) is 1.98. The van der Waals surface area contributed by atoms with Crippen molar-refractivity contribution in [2.24, 2.45) is 5.73 Å². The summed E-state index contributed by atoms with van der Waals surface area (Å²) in [5.41, 5.74) is 5.58. The first-order valence-electron chi connectivity index (χ1n) is 4.86. The van der Waals surface area contributed by atoms with Gasteiger partial charge >= 0.3 is 0 Å². The van der Waals surface area contributed by atoms with Gasteiger partial charge in [0.2, 0.25) is 0 Å². The zero-order valence-corrected chi connectivity index (χ0v) is 8.12. The van der Waals surface area contributed by atoms with Crippen molar-refractivity contribution in [2.75, 3.05) is 0 Å². The first-order chi connectivity index (χ1) is 6.70. The Morgan fingerprint density at radius 1 is 1.71 bits per heavy atom. The maximum atomic E-state index is 11.5. The minimum Gasteiger partial charge on any atom is -0.456 e. The van der Waals surface area contributed by atoms with Gasteiger partial charge in [-0.25, -0.2) is 0 Å². The van der Waals surface area contributed by atoms with Crippen LogP contribution in [0.4, 0.5) is 0 Å². The van der Waals surface area contributed by atoms with Crippen LogP contribution in [-0.2, 0) is 6.42 Å². The number of nitrogens with one attached hydrogen (secondary N) is 1. The first-order valence-corrected chi connectivity index (χ1v) is 4.86. The average Bonchev–Trinajstić information content (AvgIpc) is 2.72. The van der Waals surface area contributed by atoms with E-state index in [9.17, 15) is 4.79 Å². The van der Waals surface area contributed by atoms with Gasteiger partial charge in [0.25, 0.3) is 5.91 Å². The number of hydrogen-bond donors (Lipinski definition) is 2. The highest BCUT2D eigenvalue weighted by Gasteiger charge is 2.35. The van der Waals surface area contributed by atoms with E-state index < -0.39 is 0 Å². The second kappa shape index (κ2) is 3.46. The van der Waals surface area contributed by atoms with Crippen LogP contribution in [-0.4, -0.2) is 18.0 Å². The predicted molar refractivity (Wildman–Crippen MR) is 51.9 cm³/mol.